The molecule has 0 heterocycles. The lowest BCUT2D eigenvalue weighted by Gasteiger charge is -2.08. The lowest BCUT2D eigenvalue weighted by atomic mass is 10.1. The average Bonchev–Trinajstić information content (AvgIpc) is 2.54. The second-order valence-electron chi connectivity index (χ2n) is 4.81. The van der Waals surface area contributed by atoms with Crippen LogP contribution < -0.4 is 10.7 Å². The highest BCUT2D eigenvalue weighted by Crippen LogP contribution is 2.10. The summed E-state index contributed by atoms with van der Waals surface area (Å²) in [6.07, 6.45) is 0.919. The zero-order valence-corrected chi connectivity index (χ0v) is 13.9. The first-order chi connectivity index (χ1) is 10.6. The van der Waals surface area contributed by atoms with Crippen LogP contribution in [0.4, 0.5) is 0 Å². The van der Waals surface area contributed by atoms with Crippen LogP contribution in [0.2, 0.25) is 5.02 Å². The van der Waals surface area contributed by atoms with E-state index in [1.807, 2.05) is 49.4 Å². The Morgan fingerprint density at radius 3 is 2.45 bits per heavy atom. The van der Waals surface area contributed by atoms with Crippen molar-refractivity contribution < 1.29 is 0 Å². The molecule has 3 nitrogen and oxygen atoms in total. The van der Waals surface area contributed by atoms with E-state index >= 15 is 0 Å². The fourth-order valence-corrected chi connectivity index (χ4v) is 2.17. The minimum Gasteiger partial charge on any atom is -0.361 e. The first kappa shape index (κ1) is 16.5. The van der Waals surface area contributed by atoms with Crippen LogP contribution in [-0.2, 0) is 6.42 Å². The summed E-state index contributed by atoms with van der Waals surface area (Å²) in [5, 5.41) is 8.64. The van der Waals surface area contributed by atoms with Gasteiger partial charge in [-0.2, -0.15) is 5.10 Å². The van der Waals surface area contributed by atoms with Gasteiger partial charge in [-0.15, -0.1) is 0 Å². The quantitative estimate of drug-likeness (QED) is 0.497. The number of halogens is 1. The van der Waals surface area contributed by atoms with Gasteiger partial charge in [0, 0.05) is 11.6 Å². The molecule has 0 radical (unpaired) electrons. The zero-order chi connectivity index (χ0) is 15.8. The van der Waals surface area contributed by atoms with E-state index in [1.165, 1.54) is 5.56 Å². The van der Waals surface area contributed by atoms with Gasteiger partial charge in [0.2, 0.25) is 0 Å². The van der Waals surface area contributed by atoms with Gasteiger partial charge in [-0.25, -0.2) is 0 Å². The third kappa shape index (κ3) is 5.47. The standard InChI is InChI=1S/C17H18ClN3S/c1-13(15-7-9-16(18)10-8-15)20-21-17(22)19-12-11-14-5-3-2-4-6-14/h2-10H,11-12H2,1H3,(H2,19,21,22)/b20-13+. The fraction of sp³-hybridized carbons (Fsp3) is 0.176. The van der Waals surface area contributed by atoms with Crippen molar-refractivity contribution in [2.45, 2.75) is 13.3 Å². The maximum Gasteiger partial charge on any atom is 0.186 e. The van der Waals surface area contributed by atoms with Gasteiger partial charge in [-0.3, -0.25) is 5.43 Å². The lowest BCUT2D eigenvalue weighted by molar-refractivity contribution is 0.836. The summed E-state index contributed by atoms with van der Waals surface area (Å²) in [5.74, 6) is 0. The maximum absolute atomic E-state index is 5.87. The Bertz CT molecular complexity index is 639. The normalized spacial score (nSPS) is 11.1. The molecule has 0 saturated carbocycles. The minimum atomic E-state index is 0.518. The summed E-state index contributed by atoms with van der Waals surface area (Å²) in [4.78, 5) is 0. The van der Waals surface area contributed by atoms with Gasteiger partial charge in [-0.1, -0.05) is 54.1 Å². The molecule has 0 aliphatic rings. The largest absolute Gasteiger partial charge is 0.361 e. The van der Waals surface area contributed by atoms with E-state index in [0.29, 0.717) is 10.1 Å². The number of hydrazone groups is 1. The topological polar surface area (TPSA) is 36.4 Å². The first-order valence-electron chi connectivity index (χ1n) is 7.03. The van der Waals surface area contributed by atoms with E-state index in [0.717, 1.165) is 24.2 Å². The number of rotatable bonds is 5. The molecule has 0 amide bonds. The fourth-order valence-electron chi connectivity index (χ4n) is 1.89. The second kappa shape index (κ2) is 8.51. The zero-order valence-electron chi connectivity index (χ0n) is 12.3. The van der Waals surface area contributed by atoms with Crippen LogP contribution in [0.1, 0.15) is 18.1 Å². The maximum atomic E-state index is 5.87. The molecular weight excluding hydrogens is 314 g/mol. The van der Waals surface area contributed by atoms with Crippen molar-refractivity contribution in [1.29, 1.82) is 0 Å². The molecule has 5 heteroatoms. The number of hydrogen-bond donors (Lipinski definition) is 2. The van der Waals surface area contributed by atoms with E-state index in [4.69, 9.17) is 23.8 Å². The van der Waals surface area contributed by atoms with Gasteiger partial charge in [0.05, 0.1) is 5.71 Å². The van der Waals surface area contributed by atoms with Crippen molar-refractivity contribution in [3.8, 4) is 0 Å². The Morgan fingerprint density at radius 1 is 1.09 bits per heavy atom. The third-order valence-corrected chi connectivity index (χ3v) is 3.62. The highest BCUT2D eigenvalue weighted by Gasteiger charge is 1.99. The summed E-state index contributed by atoms with van der Waals surface area (Å²) in [6, 6.07) is 17.8. The monoisotopic (exact) mass is 331 g/mol. The van der Waals surface area contributed by atoms with Gasteiger partial charge in [0.1, 0.15) is 0 Å². The molecule has 0 fully saturated rings. The van der Waals surface area contributed by atoms with Crippen LogP contribution in [0.3, 0.4) is 0 Å². The van der Waals surface area contributed by atoms with Crippen molar-refractivity contribution >= 4 is 34.6 Å². The van der Waals surface area contributed by atoms with E-state index in [2.05, 4.69) is 28.0 Å². The van der Waals surface area contributed by atoms with Crippen molar-refractivity contribution in [3.05, 3.63) is 70.7 Å². The SMILES string of the molecule is C/C(=N\NC(=S)NCCc1ccccc1)c1ccc(Cl)cc1. The average molecular weight is 332 g/mol. The number of nitrogens with zero attached hydrogens (tertiary/aromatic N) is 1. The number of thiocarbonyl (C=S) groups is 1. The molecule has 0 atom stereocenters. The summed E-state index contributed by atoms with van der Waals surface area (Å²) in [6.45, 7) is 2.69. The predicted molar refractivity (Wildman–Crippen MR) is 97.5 cm³/mol. The van der Waals surface area contributed by atoms with Crippen molar-refractivity contribution in [2.75, 3.05) is 6.54 Å². The molecule has 0 bridgehead atoms. The molecule has 2 aromatic carbocycles. The van der Waals surface area contributed by atoms with E-state index in [-0.39, 0.29) is 0 Å². The van der Waals surface area contributed by atoms with Gasteiger partial charge in [0.15, 0.2) is 5.11 Å². The van der Waals surface area contributed by atoms with Gasteiger partial charge < -0.3 is 5.32 Å². The van der Waals surface area contributed by atoms with Crippen molar-refractivity contribution in [3.63, 3.8) is 0 Å². The van der Waals surface area contributed by atoms with Crippen LogP contribution in [0, 0.1) is 0 Å². The Labute approximate surface area is 141 Å². The predicted octanol–water partition coefficient (Wildman–Crippen LogP) is 3.77. The molecule has 2 N–H and O–H groups in total. The molecule has 2 aromatic rings. The van der Waals surface area contributed by atoms with Crippen molar-refractivity contribution in [1.82, 2.24) is 10.7 Å². The van der Waals surface area contributed by atoms with Crippen LogP contribution >= 0.6 is 23.8 Å². The molecule has 0 aliphatic heterocycles. The number of hydrogen-bond acceptors (Lipinski definition) is 2. The molecule has 0 spiro atoms. The Balaban J connectivity index is 1.77. The molecule has 0 aromatic heterocycles. The molecule has 0 unspecified atom stereocenters. The number of nitrogens with one attached hydrogen (secondary N) is 2. The lowest BCUT2D eigenvalue weighted by Crippen LogP contribution is -2.33. The van der Waals surface area contributed by atoms with Crippen LogP contribution in [-0.4, -0.2) is 17.4 Å². The molecule has 0 aliphatic carbocycles. The second-order valence-corrected chi connectivity index (χ2v) is 5.65. The third-order valence-electron chi connectivity index (χ3n) is 3.13. The first-order valence-corrected chi connectivity index (χ1v) is 7.82. The summed E-state index contributed by atoms with van der Waals surface area (Å²) in [5.41, 5.74) is 5.99. The van der Waals surface area contributed by atoms with Crippen LogP contribution in [0.25, 0.3) is 0 Å². The molecule has 22 heavy (non-hydrogen) atoms. The van der Waals surface area contributed by atoms with Gasteiger partial charge in [0.25, 0.3) is 0 Å². The Kier molecular flexibility index (Phi) is 6.37. The summed E-state index contributed by atoms with van der Waals surface area (Å²) in [7, 11) is 0. The van der Waals surface area contributed by atoms with Gasteiger partial charge >= 0.3 is 0 Å². The smallest absolute Gasteiger partial charge is 0.186 e. The molecular formula is C17H18ClN3S. The Hall–Kier alpha value is -1.91. The van der Waals surface area contributed by atoms with Gasteiger partial charge in [-0.05, 0) is 48.8 Å². The van der Waals surface area contributed by atoms with E-state index in [1.54, 1.807) is 0 Å². The van der Waals surface area contributed by atoms with Crippen molar-refractivity contribution in [2.24, 2.45) is 5.10 Å². The minimum absolute atomic E-state index is 0.518. The molecule has 0 saturated heterocycles. The summed E-state index contributed by atoms with van der Waals surface area (Å²) < 4.78 is 0. The van der Waals surface area contributed by atoms with E-state index in [9.17, 15) is 0 Å². The van der Waals surface area contributed by atoms with Crippen LogP contribution in [0.5, 0.6) is 0 Å². The number of benzene rings is 2. The van der Waals surface area contributed by atoms with E-state index < -0.39 is 0 Å². The summed E-state index contributed by atoms with van der Waals surface area (Å²) >= 11 is 11.1. The molecule has 2 rings (SSSR count). The highest BCUT2D eigenvalue weighted by molar-refractivity contribution is 7.80. The Morgan fingerprint density at radius 2 is 1.77 bits per heavy atom. The highest BCUT2D eigenvalue weighted by atomic mass is 35.5. The molecule has 114 valence electrons. The van der Waals surface area contributed by atoms with Crippen LogP contribution in [0.15, 0.2) is 59.7 Å².